The number of hydrogen-bond acceptors (Lipinski definition) is 7. The number of likely N-dealkylation sites (tertiary alicyclic amines) is 1. The summed E-state index contributed by atoms with van der Waals surface area (Å²) >= 11 is 1.35. The predicted octanol–water partition coefficient (Wildman–Crippen LogP) is 5.12. The molecule has 0 bridgehead atoms. The maximum Gasteiger partial charge on any atom is 0.335 e. The highest BCUT2D eigenvalue weighted by molar-refractivity contribution is 7.11. The van der Waals surface area contributed by atoms with E-state index in [2.05, 4.69) is 39.5 Å². The van der Waals surface area contributed by atoms with Gasteiger partial charge in [0, 0.05) is 36.8 Å². The van der Waals surface area contributed by atoms with Crippen LogP contribution in [0.5, 0.6) is 0 Å². The molecule has 0 saturated carbocycles. The molecule has 1 unspecified atom stereocenters. The highest BCUT2D eigenvalue weighted by Crippen LogP contribution is 2.31. The summed E-state index contributed by atoms with van der Waals surface area (Å²) in [6.45, 7) is 2.51. The standard InChI is InChI=1S/C30H25N5O3S/c36-29(26-15-31-18-39-26)32-23-12-13-35(17-23)16-19-6-8-21(9-7-19)28-27(20-4-2-1-3-5-20)34-25-14-22(30(37)38)10-11-24(25)33-28/h1-11,14-15,18,23H,12-13,16-17H2,(H,32,36)(H,37,38). The van der Waals surface area contributed by atoms with Gasteiger partial charge in [-0.05, 0) is 30.2 Å². The van der Waals surface area contributed by atoms with E-state index in [4.69, 9.17) is 9.97 Å². The van der Waals surface area contributed by atoms with Crippen molar-refractivity contribution in [3.63, 3.8) is 0 Å². The van der Waals surface area contributed by atoms with Crippen LogP contribution in [0, 0.1) is 0 Å². The van der Waals surface area contributed by atoms with Gasteiger partial charge in [-0.15, -0.1) is 11.3 Å². The number of aromatic carboxylic acids is 1. The first-order valence-corrected chi connectivity index (χ1v) is 13.5. The summed E-state index contributed by atoms with van der Waals surface area (Å²) in [5.74, 6) is -1.05. The van der Waals surface area contributed by atoms with Gasteiger partial charge in [-0.1, -0.05) is 54.6 Å². The average molecular weight is 536 g/mol. The van der Waals surface area contributed by atoms with E-state index in [1.807, 2.05) is 30.3 Å². The Kier molecular flexibility index (Phi) is 6.83. The van der Waals surface area contributed by atoms with Crippen molar-refractivity contribution in [1.29, 1.82) is 0 Å². The number of fused-ring (bicyclic) bond motifs is 1. The lowest BCUT2D eigenvalue weighted by Crippen LogP contribution is -2.36. The second-order valence-electron chi connectivity index (χ2n) is 9.55. The molecule has 6 rings (SSSR count). The predicted molar refractivity (Wildman–Crippen MR) is 151 cm³/mol. The lowest BCUT2D eigenvalue weighted by molar-refractivity contribution is 0.0696. The van der Waals surface area contributed by atoms with Gasteiger partial charge in [0.1, 0.15) is 4.88 Å². The van der Waals surface area contributed by atoms with E-state index in [0.29, 0.717) is 21.6 Å². The fourth-order valence-electron chi connectivity index (χ4n) is 4.89. The first kappa shape index (κ1) is 24.8. The number of rotatable bonds is 7. The molecule has 3 aromatic carbocycles. The van der Waals surface area contributed by atoms with Crippen LogP contribution < -0.4 is 5.32 Å². The zero-order chi connectivity index (χ0) is 26.8. The van der Waals surface area contributed by atoms with Crippen molar-refractivity contribution in [1.82, 2.24) is 25.2 Å². The number of amides is 1. The van der Waals surface area contributed by atoms with Gasteiger partial charge in [0.15, 0.2) is 0 Å². The number of aromatic nitrogens is 3. The van der Waals surface area contributed by atoms with Crippen molar-refractivity contribution in [2.45, 2.75) is 19.0 Å². The molecule has 39 heavy (non-hydrogen) atoms. The number of nitrogens with one attached hydrogen (secondary N) is 1. The molecule has 2 N–H and O–H groups in total. The van der Waals surface area contributed by atoms with Crippen LogP contribution in [0.15, 0.2) is 84.5 Å². The molecule has 9 heteroatoms. The Labute approximate surface area is 229 Å². The SMILES string of the molecule is O=C(O)c1ccc2nc(-c3ccc(CN4CCC(NC(=O)c5cncs5)C4)cc3)c(-c3ccccc3)nc2c1. The minimum Gasteiger partial charge on any atom is -0.478 e. The molecule has 0 aliphatic carbocycles. The van der Waals surface area contributed by atoms with Gasteiger partial charge in [-0.3, -0.25) is 14.7 Å². The second-order valence-corrected chi connectivity index (χ2v) is 10.4. The van der Waals surface area contributed by atoms with Gasteiger partial charge < -0.3 is 10.4 Å². The largest absolute Gasteiger partial charge is 0.478 e. The number of hydrogen-bond donors (Lipinski definition) is 2. The molecule has 2 aromatic heterocycles. The maximum absolute atomic E-state index is 12.4. The molecular weight excluding hydrogens is 510 g/mol. The van der Waals surface area contributed by atoms with E-state index in [9.17, 15) is 14.7 Å². The molecule has 0 radical (unpaired) electrons. The van der Waals surface area contributed by atoms with Gasteiger partial charge in [0.25, 0.3) is 5.91 Å². The molecule has 1 aliphatic rings. The summed E-state index contributed by atoms with van der Waals surface area (Å²) in [6, 6.07) is 23.1. The van der Waals surface area contributed by atoms with Crippen LogP contribution in [0.4, 0.5) is 0 Å². The normalized spacial score (nSPS) is 15.4. The van der Waals surface area contributed by atoms with Crippen molar-refractivity contribution in [3.8, 4) is 22.5 Å². The highest BCUT2D eigenvalue weighted by Gasteiger charge is 2.25. The van der Waals surface area contributed by atoms with Crippen LogP contribution in [0.2, 0.25) is 0 Å². The fraction of sp³-hybridized carbons (Fsp3) is 0.167. The molecule has 1 amide bonds. The summed E-state index contributed by atoms with van der Waals surface area (Å²) < 4.78 is 0. The van der Waals surface area contributed by atoms with Crippen molar-refractivity contribution < 1.29 is 14.7 Å². The molecule has 0 spiro atoms. The lowest BCUT2D eigenvalue weighted by Gasteiger charge is -2.17. The number of benzene rings is 3. The Bertz CT molecular complexity index is 1640. The van der Waals surface area contributed by atoms with E-state index >= 15 is 0 Å². The Balaban J connectivity index is 1.22. The van der Waals surface area contributed by atoms with E-state index < -0.39 is 5.97 Å². The minimum absolute atomic E-state index is 0.0569. The first-order valence-electron chi connectivity index (χ1n) is 12.6. The fourth-order valence-corrected chi connectivity index (χ4v) is 5.41. The third-order valence-electron chi connectivity index (χ3n) is 6.86. The summed E-state index contributed by atoms with van der Waals surface area (Å²) in [7, 11) is 0. The minimum atomic E-state index is -0.994. The van der Waals surface area contributed by atoms with Gasteiger partial charge in [0.05, 0.1) is 39.7 Å². The third kappa shape index (κ3) is 5.41. The Morgan fingerprint density at radius 1 is 0.949 bits per heavy atom. The van der Waals surface area contributed by atoms with Gasteiger partial charge in [0.2, 0.25) is 0 Å². The van der Waals surface area contributed by atoms with Gasteiger partial charge in [-0.2, -0.15) is 0 Å². The maximum atomic E-state index is 12.4. The van der Waals surface area contributed by atoms with Crippen LogP contribution >= 0.6 is 11.3 Å². The number of nitrogens with zero attached hydrogens (tertiary/aromatic N) is 4. The molecule has 1 saturated heterocycles. The molecule has 194 valence electrons. The Morgan fingerprint density at radius 2 is 1.69 bits per heavy atom. The van der Waals surface area contributed by atoms with Gasteiger partial charge >= 0.3 is 5.97 Å². The first-order chi connectivity index (χ1) is 19.0. The Morgan fingerprint density at radius 3 is 2.41 bits per heavy atom. The Hall–Kier alpha value is -4.47. The molecule has 8 nitrogen and oxygen atoms in total. The van der Waals surface area contributed by atoms with Crippen molar-refractivity contribution >= 4 is 34.2 Å². The van der Waals surface area contributed by atoms with Crippen molar-refractivity contribution in [3.05, 3.63) is 101 Å². The number of thiazole rings is 1. The van der Waals surface area contributed by atoms with E-state index in [-0.39, 0.29) is 17.5 Å². The van der Waals surface area contributed by atoms with E-state index in [0.717, 1.165) is 42.9 Å². The summed E-state index contributed by atoms with van der Waals surface area (Å²) in [5.41, 5.74) is 7.51. The van der Waals surface area contributed by atoms with Crippen LogP contribution in [0.25, 0.3) is 33.5 Å². The topological polar surface area (TPSA) is 108 Å². The smallest absolute Gasteiger partial charge is 0.335 e. The molecule has 3 heterocycles. The monoisotopic (exact) mass is 535 g/mol. The summed E-state index contributed by atoms with van der Waals surface area (Å²) in [6.07, 6.45) is 2.52. The molecule has 1 atom stereocenters. The molecule has 1 aliphatic heterocycles. The van der Waals surface area contributed by atoms with Crippen molar-refractivity contribution in [2.24, 2.45) is 0 Å². The van der Waals surface area contributed by atoms with Crippen molar-refractivity contribution in [2.75, 3.05) is 13.1 Å². The number of carbonyl (C=O) groups is 2. The molecule has 5 aromatic rings. The zero-order valence-electron chi connectivity index (χ0n) is 20.9. The molecular formula is C30H25N5O3S. The number of carboxylic acids is 1. The van der Waals surface area contributed by atoms with Crippen LogP contribution in [-0.2, 0) is 6.54 Å². The molecule has 1 fully saturated rings. The van der Waals surface area contributed by atoms with Crippen LogP contribution in [0.3, 0.4) is 0 Å². The number of carbonyl (C=O) groups excluding carboxylic acids is 1. The third-order valence-corrected chi connectivity index (χ3v) is 7.63. The lowest BCUT2D eigenvalue weighted by atomic mass is 10.0. The van der Waals surface area contributed by atoms with Crippen LogP contribution in [-0.4, -0.2) is 56.0 Å². The quantitative estimate of drug-likeness (QED) is 0.298. The van der Waals surface area contributed by atoms with E-state index in [1.54, 1.807) is 29.9 Å². The zero-order valence-corrected chi connectivity index (χ0v) is 21.8. The van der Waals surface area contributed by atoms with Gasteiger partial charge in [-0.25, -0.2) is 14.8 Å². The summed E-state index contributed by atoms with van der Waals surface area (Å²) in [4.78, 5) is 40.6. The highest BCUT2D eigenvalue weighted by atomic mass is 32.1. The second kappa shape index (κ2) is 10.7. The van der Waals surface area contributed by atoms with E-state index in [1.165, 1.54) is 16.9 Å². The summed E-state index contributed by atoms with van der Waals surface area (Å²) in [5, 5.41) is 12.5. The van der Waals surface area contributed by atoms with Crippen LogP contribution in [0.1, 0.15) is 32.0 Å². The number of carboxylic acid groups (broad SMARTS) is 1. The average Bonchev–Trinajstić information content (AvgIpc) is 3.66.